The van der Waals surface area contributed by atoms with Crippen molar-refractivity contribution in [2.75, 3.05) is 19.6 Å². The lowest BCUT2D eigenvalue weighted by Crippen LogP contribution is -2.40. The molecule has 1 fully saturated rings. The Morgan fingerprint density at radius 3 is 2.80 bits per heavy atom. The van der Waals surface area contributed by atoms with Gasteiger partial charge in [0.15, 0.2) is 0 Å². The second-order valence-corrected chi connectivity index (χ2v) is 6.99. The molecule has 2 aromatic rings. The average molecular weight is 361 g/mol. The third kappa shape index (κ3) is 5.31. The van der Waals surface area contributed by atoms with Gasteiger partial charge in [-0.3, -0.25) is 9.69 Å². The zero-order valence-electron chi connectivity index (χ0n) is 14.4. The Bertz CT molecular complexity index is 666. The molecule has 0 bridgehead atoms. The van der Waals surface area contributed by atoms with Gasteiger partial charge in [-0.2, -0.15) is 0 Å². The van der Waals surface area contributed by atoms with E-state index in [2.05, 4.69) is 21.3 Å². The molecule has 0 aliphatic carbocycles. The average Bonchev–Trinajstić information content (AvgIpc) is 3.15. The molecule has 1 aromatic carbocycles. The van der Waals surface area contributed by atoms with E-state index in [4.69, 9.17) is 11.6 Å². The third-order valence-electron chi connectivity index (χ3n) is 4.76. The van der Waals surface area contributed by atoms with Gasteiger partial charge in [0.2, 0.25) is 5.91 Å². The van der Waals surface area contributed by atoms with Crippen LogP contribution >= 0.6 is 11.6 Å². The SMILES string of the molecule is O=C(NCCCn1ccnc1)C1CCN(Cc2ccccc2Cl)CC1. The smallest absolute Gasteiger partial charge is 0.223 e. The van der Waals surface area contributed by atoms with Gasteiger partial charge < -0.3 is 9.88 Å². The summed E-state index contributed by atoms with van der Waals surface area (Å²) in [6.45, 7) is 4.35. The summed E-state index contributed by atoms with van der Waals surface area (Å²) >= 11 is 6.23. The quantitative estimate of drug-likeness (QED) is 0.772. The molecule has 1 saturated heterocycles. The van der Waals surface area contributed by atoms with Crippen molar-refractivity contribution in [1.29, 1.82) is 0 Å². The van der Waals surface area contributed by atoms with Crippen molar-refractivity contribution in [1.82, 2.24) is 19.8 Å². The maximum Gasteiger partial charge on any atom is 0.223 e. The lowest BCUT2D eigenvalue weighted by molar-refractivity contribution is -0.126. The van der Waals surface area contributed by atoms with Crippen molar-refractivity contribution in [3.05, 3.63) is 53.6 Å². The first kappa shape index (κ1) is 18.0. The fourth-order valence-corrected chi connectivity index (χ4v) is 3.45. The molecule has 5 nitrogen and oxygen atoms in total. The first-order valence-corrected chi connectivity index (χ1v) is 9.29. The lowest BCUT2D eigenvalue weighted by Gasteiger charge is -2.31. The second kappa shape index (κ2) is 9.02. The van der Waals surface area contributed by atoms with Crippen LogP contribution in [0.1, 0.15) is 24.8 Å². The molecular formula is C19H25ClN4O. The number of halogens is 1. The Morgan fingerprint density at radius 2 is 2.08 bits per heavy atom. The number of hydrogen-bond acceptors (Lipinski definition) is 3. The number of imidazole rings is 1. The van der Waals surface area contributed by atoms with E-state index < -0.39 is 0 Å². The van der Waals surface area contributed by atoms with Gasteiger partial charge in [-0.15, -0.1) is 0 Å². The van der Waals surface area contributed by atoms with Gasteiger partial charge in [0.25, 0.3) is 0 Å². The first-order valence-electron chi connectivity index (χ1n) is 8.91. The number of hydrogen-bond donors (Lipinski definition) is 1. The zero-order valence-corrected chi connectivity index (χ0v) is 15.2. The normalized spacial score (nSPS) is 16.0. The number of benzene rings is 1. The van der Waals surface area contributed by atoms with Crippen molar-refractivity contribution < 1.29 is 4.79 Å². The van der Waals surface area contributed by atoms with E-state index in [0.717, 1.165) is 62.6 Å². The van der Waals surface area contributed by atoms with Crippen LogP contribution in [0, 0.1) is 5.92 Å². The molecule has 1 N–H and O–H groups in total. The van der Waals surface area contributed by atoms with Crippen molar-refractivity contribution >= 4 is 17.5 Å². The van der Waals surface area contributed by atoms with Gasteiger partial charge in [-0.05, 0) is 44.0 Å². The number of carbonyl (C=O) groups excluding carboxylic acids is 1. The lowest BCUT2D eigenvalue weighted by atomic mass is 9.95. The zero-order chi connectivity index (χ0) is 17.5. The van der Waals surface area contributed by atoms with E-state index in [9.17, 15) is 4.79 Å². The number of amides is 1. The fraction of sp³-hybridized carbons (Fsp3) is 0.474. The molecule has 0 radical (unpaired) electrons. The first-order chi connectivity index (χ1) is 12.2. The van der Waals surface area contributed by atoms with E-state index in [1.807, 2.05) is 29.0 Å². The summed E-state index contributed by atoms with van der Waals surface area (Å²) in [5.41, 5.74) is 1.16. The predicted molar refractivity (Wildman–Crippen MR) is 99.3 cm³/mol. The van der Waals surface area contributed by atoms with Crippen molar-refractivity contribution in [3.63, 3.8) is 0 Å². The highest BCUT2D eigenvalue weighted by Crippen LogP contribution is 2.22. The number of nitrogens with one attached hydrogen (secondary N) is 1. The number of rotatable bonds is 7. The number of aryl methyl sites for hydroxylation is 1. The van der Waals surface area contributed by atoms with E-state index in [1.54, 1.807) is 12.5 Å². The second-order valence-electron chi connectivity index (χ2n) is 6.59. The number of piperidine rings is 1. The van der Waals surface area contributed by atoms with Gasteiger partial charge in [-0.1, -0.05) is 29.8 Å². The number of carbonyl (C=O) groups is 1. The molecule has 3 rings (SSSR count). The Kier molecular flexibility index (Phi) is 6.48. The van der Waals surface area contributed by atoms with E-state index in [-0.39, 0.29) is 11.8 Å². The van der Waals surface area contributed by atoms with Crippen molar-refractivity contribution in [2.45, 2.75) is 32.4 Å². The van der Waals surface area contributed by atoms with Gasteiger partial charge >= 0.3 is 0 Å². The van der Waals surface area contributed by atoms with Crippen molar-refractivity contribution in [2.24, 2.45) is 5.92 Å². The summed E-state index contributed by atoms with van der Waals surface area (Å²) in [4.78, 5) is 18.7. The Balaban J connectivity index is 1.35. The Labute approximate surface area is 154 Å². The molecule has 6 heteroatoms. The Hall–Kier alpha value is -1.85. The third-order valence-corrected chi connectivity index (χ3v) is 5.13. The Morgan fingerprint density at radius 1 is 1.28 bits per heavy atom. The van der Waals surface area contributed by atoms with Crippen LogP contribution in [0.15, 0.2) is 43.0 Å². The van der Waals surface area contributed by atoms with Crippen LogP contribution in [0.25, 0.3) is 0 Å². The summed E-state index contributed by atoms with van der Waals surface area (Å²) < 4.78 is 2.03. The van der Waals surface area contributed by atoms with Gasteiger partial charge in [0, 0.05) is 43.0 Å². The number of aromatic nitrogens is 2. The minimum Gasteiger partial charge on any atom is -0.356 e. The molecule has 1 aliphatic heterocycles. The van der Waals surface area contributed by atoms with Crippen LogP contribution in [0.3, 0.4) is 0 Å². The molecule has 1 aliphatic rings. The van der Waals surface area contributed by atoms with Crippen LogP contribution in [0.2, 0.25) is 5.02 Å². The molecule has 0 atom stereocenters. The maximum absolute atomic E-state index is 12.3. The van der Waals surface area contributed by atoms with Crippen LogP contribution in [0.5, 0.6) is 0 Å². The summed E-state index contributed by atoms with van der Waals surface area (Å²) in [6.07, 6.45) is 8.27. The van der Waals surface area contributed by atoms with Crippen LogP contribution in [-0.2, 0) is 17.9 Å². The summed E-state index contributed by atoms with van der Waals surface area (Å²) in [7, 11) is 0. The molecule has 25 heavy (non-hydrogen) atoms. The number of nitrogens with zero attached hydrogens (tertiary/aromatic N) is 3. The van der Waals surface area contributed by atoms with Crippen LogP contribution < -0.4 is 5.32 Å². The van der Waals surface area contributed by atoms with E-state index in [1.165, 1.54) is 0 Å². The highest BCUT2D eigenvalue weighted by Gasteiger charge is 2.24. The molecular weight excluding hydrogens is 336 g/mol. The monoisotopic (exact) mass is 360 g/mol. The summed E-state index contributed by atoms with van der Waals surface area (Å²) in [5.74, 6) is 0.332. The minimum atomic E-state index is 0.135. The van der Waals surface area contributed by atoms with Crippen LogP contribution in [-0.4, -0.2) is 40.0 Å². The highest BCUT2D eigenvalue weighted by atomic mass is 35.5. The van der Waals surface area contributed by atoms with Gasteiger partial charge in [0.05, 0.1) is 6.33 Å². The topological polar surface area (TPSA) is 50.2 Å². The van der Waals surface area contributed by atoms with Crippen LogP contribution in [0.4, 0.5) is 0 Å². The van der Waals surface area contributed by atoms with Gasteiger partial charge in [0.1, 0.15) is 0 Å². The molecule has 134 valence electrons. The molecule has 0 spiro atoms. The largest absolute Gasteiger partial charge is 0.356 e. The van der Waals surface area contributed by atoms with E-state index in [0.29, 0.717) is 0 Å². The standard InChI is InChI=1S/C19H25ClN4O/c20-18-5-2-1-4-17(18)14-23-11-6-16(7-12-23)19(25)22-8-3-10-24-13-9-21-15-24/h1-2,4-5,9,13,15-16H,3,6-8,10-12,14H2,(H,22,25). The van der Waals surface area contributed by atoms with Gasteiger partial charge in [-0.25, -0.2) is 4.98 Å². The summed E-state index contributed by atoms with van der Waals surface area (Å²) in [5, 5.41) is 3.90. The molecule has 0 saturated carbocycles. The molecule has 0 unspecified atom stereocenters. The summed E-state index contributed by atoms with van der Waals surface area (Å²) in [6, 6.07) is 7.97. The van der Waals surface area contributed by atoms with E-state index >= 15 is 0 Å². The number of likely N-dealkylation sites (tertiary alicyclic amines) is 1. The molecule has 2 heterocycles. The minimum absolute atomic E-state index is 0.135. The molecule has 1 aromatic heterocycles. The molecule has 1 amide bonds. The maximum atomic E-state index is 12.3. The predicted octanol–water partition coefficient (Wildman–Crippen LogP) is 2.96. The fourth-order valence-electron chi connectivity index (χ4n) is 3.26. The highest BCUT2D eigenvalue weighted by molar-refractivity contribution is 6.31. The van der Waals surface area contributed by atoms with Crippen molar-refractivity contribution in [3.8, 4) is 0 Å².